The Labute approximate surface area is 121 Å². The number of nitrogens with zero attached hydrogens (tertiary/aromatic N) is 2. The van der Waals surface area contributed by atoms with Gasteiger partial charge in [0.15, 0.2) is 0 Å². The molecule has 6 heteroatoms. The summed E-state index contributed by atoms with van der Waals surface area (Å²) >= 11 is 3.35. The lowest BCUT2D eigenvalue weighted by molar-refractivity contribution is -0.384. The molecule has 0 bridgehead atoms. The molecule has 0 saturated heterocycles. The Hall–Kier alpha value is -1.17. The van der Waals surface area contributed by atoms with Crippen molar-refractivity contribution in [2.24, 2.45) is 5.92 Å². The van der Waals surface area contributed by atoms with Crippen LogP contribution in [0.4, 0.5) is 11.4 Å². The van der Waals surface area contributed by atoms with E-state index in [1.165, 1.54) is 31.9 Å². The van der Waals surface area contributed by atoms with Gasteiger partial charge in [-0.05, 0) is 34.7 Å². The highest BCUT2D eigenvalue weighted by Gasteiger charge is 2.24. The van der Waals surface area contributed by atoms with E-state index in [0.29, 0.717) is 22.1 Å². The lowest BCUT2D eigenvalue weighted by Gasteiger charge is -2.24. The highest BCUT2D eigenvalue weighted by Crippen LogP contribution is 2.34. The Morgan fingerprint density at radius 1 is 1.37 bits per heavy atom. The molecule has 0 radical (unpaired) electrons. The Bertz CT molecular complexity index is 467. The zero-order chi connectivity index (χ0) is 13.8. The van der Waals surface area contributed by atoms with Crippen LogP contribution < -0.4 is 5.32 Å². The van der Waals surface area contributed by atoms with Crippen LogP contribution in [-0.2, 0) is 0 Å². The predicted molar refractivity (Wildman–Crippen MR) is 78.3 cm³/mol. The number of pyridine rings is 1. The van der Waals surface area contributed by atoms with E-state index >= 15 is 0 Å². The van der Waals surface area contributed by atoms with Gasteiger partial charge in [0.1, 0.15) is 11.9 Å². The number of halogens is 1. The first-order valence-electron chi connectivity index (χ1n) is 6.64. The average molecular weight is 328 g/mol. The van der Waals surface area contributed by atoms with Crippen LogP contribution in [0.25, 0.3) is 0 Å². The van der Waals surface area contributed by atoms with E-state index in [1.54, 1.807) is 6.20 Å². The zero-order valence-corrected chi connectivity index (χ0v) is 12.5. The zero-order valence-electron chi connectivity index (χ0n) is 10.9. The monoisotopic (exact) mass is 327 g/mol. The molecule has 0 aliphatic heterocycles. The second kappa shape index (κ2) is 6.32. The van der Waals surface area contributed by atoms with Gasteiger partial charge in [0, 0.05) is 12.2 Å². The van der Waals surface area contributed by atoms with Crippen LogP contribution in [0.3, 0.4) is 0 Å². The fourth-order valence-electron chi connectivity index (χ4n) is 2.60. The molecule has 0 aromatic carbocycles. The first kappa shape index (κ1) is 14.2. The Morgan fingerprint density at radius 3 is 2.84 bits per heavy atom. The second-order valence-corrected chi connectivity index (χ2v) is 5.99. The normalized spacial score (nSPS) is 23.7. The molecule has 1 fully saturated rings. The van der Waals surface area contributed by atoms with Gasteiger partial charge in [-0.25, -0.2) is 0 Å². The summed E-state index contributed by atoms with van der Waals surface area (Å²) in [6.45, 7) is 2.21. The summed E-state index contributed by atoms with van der Waals surface area (Å²) in [6.07, 6.45) is 8.81. The summed E-state index contributed by atoms with van der Waals surface area (Å²) in [6, 6.07) is 0.292. The number of aromatic nitrogens is 1. The van der Waals surface area contributed by atoms with E-state index in [4.69, 9.17) is 0 Å². The van der Waals surface area contributed by atoms with Crippen molar-refractivity contribution >= 4 is 27.3 Å². The van der Waals surface area contributed by atoms with Crippen molar-refractivity contribution in [1.29, 1.82) is 0 Å². The quantitative estimate of drug-likeness (QED) is 0.514. The molecule has 0 spiro atoms. The topological polar surface area (TPSA) is 68.1 Å². The molecule has 1 heterocycles. The molecular formula is C13H18BrN3O2. The molecule has 1 aromatic rings. The van der Waals surface area contributed by atoms with Crippen molar-refractivity contribution < 1.29 is 4.92 Å². The van der Waals surface area contributed by atoms with Crippen LogP contribution in [0.2, 0.25) is 0 Å². The Morgan fingerprint density at radius 2 is 2.11 bits per heavy atom. The van der Waals surface area contributed by atoms with E-state index in [2.05, 4.69) is 33.2 Å². The Balaban J connectivity index is 2.24. The third kappa shape index (κ3) is 3.43. The SMILES string of the molecule is CC1CCCCCC1Nc1c(Br)cncc1[N+](=O)[O-]. The maximum Gasteiger partial charge on any atom is 0.311 e. The van der Waals surface area contributed by atoms with Crippen LogP contribution in [0, 0.1) is 16.0 Å². The van der Waals surface area contributed by atoms with Crippen LogP contribution in [0.5, 0.6) is 0 Å². The van der Waals surface area contributed by atoms with E-state index in [9.17, 15) is 10.1 Å². The van der Waals surface area contributed by atoms with Gasteiger partial charge in [-0.3, -0.25) is 15.1 Å². The maximum absolute atomic E-state index is 11.1. The molecule has 0 amide bonds. The van der Waals surface area contributed by atoms with E-state index in [-0.39, 0.29) is 10.6 Å². The first-order valence-corrected chi connectivity index (χ1v) is 7.43. The molecule has 5 nitrogen and oxygen atoms in total. The lowest BCUT2D eigenvalue weighted by atomic mass is 9.96. The Kier molecular flexibility index (Phi) is 4.74. The lowest BCUT2D eigenvalue weighted by Crippen LogP contribution is -2.26. The van der Waals surface area contributed by atoms with Gasteiger partial charge in [-0.15, -0.1) is 0 Å². The van der Waals surface area contributed by atoms with Crippen molar-refractivity contribution in [2.45, 2.75) is 45.1 Å². The van der Waals surface area contributed by atoms with Crippen molar-refractivity contribution in [3.8, 4) is 0 Å². The fraction of sp³-hybridized carbons (Fsp3) is 0.615. The minimum absolute atomic E-state index is 0.0332. The molecule has 1 aromatic heterocycles. The maximum atomic E-state index is 11.1. The van der Waals surface area contributed by atoms with Gasteiger partial charge in [0.25, 0.3) is 0 Å². The van der Waals surface area contributed by atoms with Crippen LogP contribution >= 0.6 is 15.9 Å². The van der Waals surface area contributed by atoms with Gasteiger partial charge in [0.2, 0.25) is 0 Å². The number of anilines is 1. The summed E-state index contributed by atoms with van der Waals surface area (Å²) in [5.74, 6) is 0.530. The van der Waals surface area contributed by atoms with Gasteiger partial charge in [0.05, 0.1) is 9.40 Å². The standard InChI is InChI=1S/C13H18BrN3O2/c1-9-5-3-2-4-6-11(9)16-13-10(14)7-15-8-12(13)17(18)19/h7-9,11H,2-6H2,1H3,(H,15,16). The average Bonchev–Trinajstić information content (AvgIpc) is 2.57. The summed E-state index contributed by atoms with van der Waals surface area (Å²) in [7, 11) is 0. The van der Waals surface area contributed by atoms with Gasteiger partial charge >= 0.3 is 5.69 Å². The minimum atomic E-state index is -0.387. The van der Waals surface area contributed by atoms with Gasteiger partial charge in [-0.2, -0.15) is 0 Å². The molecule has 1 saturated carbocycles. The molecule has 1 aliphatic carbocycles. The van der Waals surface area contributed by atoms with Crippen molar-refractivity contribution in [2.75, 3.05) is 5.32 Å². The van der Waals surface area contributed by atoms with Crippen LogP contribution in [-0.4, -0.2) is 15.9 Å². The minimum Gasteiger partial charge on any atom is -0.375 e. The molecule has 2 atom stereocenters. The summed E-state index contributed by atoms with van der Waals surface area (Å²) < 4.78 is 0.651. The van der Waals surface area contributed by atoms with Crippen molar-refractivity contribution in [1.82, 2.24) is 4.98 Å². The molecule has 1 aliphatic rings. The highest BCUT2D eigenvalue weighted by molar-refractivity contribution is 9.10. The predicted octanol–water partition coefficient (Wildman–Crippen LogP) is 4.13. The summed E-state index contributed by atoms with van der Waals surface area (Å²) in [5, 5.41) is 14.4. The first-order chi connectivity index (χ1) is 9.09. The van der Waals surface area contributed by atoms with E-state index in [1.807, 2.05) is 0 Å². The number of hydrogen-bond acceptors (Lipinski definition) is 4. The molecular weight excluding hydrogens is 310 g/mol. The number of nitro groups is 1. The third-order valence-corrected chi connectivity index (χ3v) is 4.37. The molecule has 2 rings (SSSR count). The number of rotatable bonds is 3. The van der Waals surface area contributed by atoms with Gasteiger partial charge < -0.3 is 5.32 Å². The van der Waals surface area contributed by atoms with Crippen LogP contribution in [0.15, 0.2) is 16.9 Å². The van der Waals surface area contributed by atoms with E-state index in [0.717, 1.165) is 6.42 Å². The summed E-state index contributed by atoms with van der Waals surface area (Å²) in [5.41, 5.74) is 0.588. The van der Waals surface area contributed by atoms with Gasteiger partial charge in [-0.1, -0.05) is 26.2 Å². The number of nitrogens with one attached hydrogen (secondary N) is 1. The van der Waals surface area contributed by atoms with Crippen molar-refractivity contribution in [3.05, 3.63) is 27.0 Å². The molecule has 2 unspecified atom stereocenters. The molecule has 104 valence electrons. The fourth-order valence-corrected chi connectivity index (χ4v) is 3.03. The van der Waals surface area contributed by atoms with E-state index < -0.39 is 0 Å². The second-order valence-electron chi connectivity index (χ2n) is 5.14. The highest BCUT2D eigenvalue weighted by atomic mass is 79.9. The van der Waals surface area contributed by atoms with Crippen LogP contribution in [0.1, 0.15) is 39.0 Å². The molecule has 1 N–H and O–H groups in total. The molecule has 19 heavy (non-hydrogen) atoms. The third-order valence-electron chi connectivity index (χ3n) is 3.77. The summed E-state index contributed by atoms with van der Waals surface area (Å²) in [4.78, 5) is 14.6. The largest absolute Gasteiger partial charge is 0.375 e. The van der Waals surface area contributed by atoms with Crippen molar-refractivity contribution in [3.63, 3.8) is 0 Å². The number of hydrogen-bond donors (Lipinski definition) is 1. The smallest absolute Gasteiger partial charge is 0.311 e.